The van der Waals surface area contributed by atoms with Crippen molar-refractivity contribution in [3.05, 3.63) is 56.7 Å². The Labute approximate surface area is 328 Å². The zero-order valence-electron chi connectivity index (χ0n) is 30.3. The van der Waals surface area contributed by atoms with Gasteiger partial charge in [-0.15, -0.1) is 11.3 Å². The molecular formula is C38H39F3IN9O2S. The molecule has 282 valence electrons. The first-order chi connectivity index (χ1) is 25.8. The average molecular weight is 870 g/mol. The zero-order valence-corrected chi connectivity index (χ0v) is 33.3. The normalized spacial score (nSPS) is 22.7. The van der Waals surface area contributed by atoms with E-state index >= 15 is 8.78 Å². The van der Waals surface area contributed by atoms with E-state index in [1.54, 1.807) is 23.8 Å². The number of halogens is 4. The summed E-state index contributed by atoms with van der Waals surface area (Å²) in [6, 6.07) is 5.94. The summed E-state index contributed by atoms with van der Waals surface area (Å²) >= 11 is 3.00. The molecule has 16 heteroatoms. The van der Waals surface area contributed by atoms with Crippen molar-refractivity contribution in [1.82, 2.24) is 29.3 Å². The Kier molecular flexibility index (Phi) is 9.41. The number of amides is 1. The van der Waals surface area contributed by atoms with Crippen LogP contribution in [0.25, 0.3) is 32.1 Å². The van der Waals surface area contributed by atoms with Gasteiger partial charge in [0.2, 0.25) is 0 Å². The molecule has 8 rings (SSSR count). The Morgan fingerprint density at radius 2 is 2.04 bits per heavy atom. The van der Waals surface area contributed by atoms with Crippen molar-refractivity contribution >= 4 is 71.8 Å². The Balaban J connectivity index is 1.26. The number of aryl methyl sites for hydroxylation is 2. The highest BCUT2D eigenvalue weighted by atomic mass is 127. The van der Waals surface area contributed by atoms with Crippen LogP contribution in [0.2, 0.25) is 0 Å². The average Bonchev–Trinajstić information content (AvgIpc) is 3.94. The van der Waals surface area contributed by atoms with Gasteiger partial charge in [0.15, 0.2) is 5.82 Å². The van der Waals surface area contributed by atoms with Crippen LogP contribution in [0.5, 0.6) is 6.01 Å². The van der Waals surface area contributed by atoms with Gasteiger partial charge in [0, 0.05) is 52.2 Å². The van der Waals surface area contributed by atoms with Crippen molar-refractivity contribution in [1.29, 1.82) is 5.26 Å². The number of likely N-dealkylation sites (tertiary alicyclic amines) is 1. The van der Waals surface area contributed by atoms with E-state index in [1.165, 1.54) is 12.1 Å². The van der Waals surface area contributed by atoms with Gasteiger partial charge in [-0.05, 0) is 93.8 Å². The molecule has 1 amide bonds. The van der Waals surface area contributed by atoms with Crippen molar-refractivity contribution in [2.75, 3.05) is 43.4 Å². The van der Waals surface area contributed by atoms with E-state index in [1.807, 2.05) is 25.7 Å². The number of nitriles is 1. The summed E-state index contributed by atoms with van der Waals surface area (Å²) < 4.78 is 55.7. The maximum atomic E-state index is 17.4. The fraction of sp³-hybridized carbons (Fsp3) is 0.447. The van der Waals surface area contributed by atoms with Crippen molar-refractivity contribution in [3.63, 3.8) is 0 Å². The highest BCUT2D eigenvalue weighted by molar-refractivity contribution is 14.1. The number of imidazole rings is 1. The maximum absolute atomic E-state index is 17.4. The molecule has 5 aromatic rings. The molecule has 3 aromatic heterocycles. The Hall–Kier alpha value is -4.21. The van der Waals surface area contributed by atoms with Crippen LogP contribution in [-0.4, -0.2) is 91.9 Å². The van der Waals surface area contributed by atoms with Crippen LogP contribution < -0.4 is 15.4 Å². The van der Waals surface area contributed by atoms with Crippen LogP contribution in [0.15, 0.2) is 24.4 Å². The number of carbonyl (C=O) groups is 1. The molecular weight excluding hydrogens is 830 g/mol. The maximum Gasteiger partial charge on any atom is 0.329 e. The summed E-state index contributed by atoms with van der Waals surface area (Å²) in [6.45, 7) is 9.89. The third kappa shape index (κ3) is 5.85. The number of carbonyl (C=O) groups excluding carboxylic acids is 1. The number of likely N-dealkylation sites (N-methyl/N-ethyl adjacent to an activating group) is 1. The molecule has 3 aliphatic rings. The Bertz CT molecular complexity index is 2380. The number of nitrogen functional groups attached to an aromatic ring is 1. The Morgan fingerprint density at radius 3 is 2.76 bits per heavy atom. The lowest BCUT2D eigenvalue weighted by Crippen LogP contribution is -2.47. The summed E-state index contributed by atoms with van der Waals surface area (Å²) in [4.78, 5) is 33.8. The number of ether oxygens (including phenoxy) is 1. The number of rotatable bonds is 7. The molecule has 2 aromatic carbocycles. The molecule has 11 nitrogen and oxygen atoms in total. The molecule has 0 radical (unpaired) electrons. The van der Waals surface area contributed by atoms with Crippen molar-refractivity contribution in [3.8, 4) is 23.2 Å². The molecule has 6 heterocycles. The van der Waals surface area contributed by atoms with Crippen LogP contribution in [0.1, 0.15) is 56.6 Å². The summed E-state index contributed by atoms with van der Waals surface area (Å²) in [5.41, 5.74) is 6.94. The van der Waals surface area contributed by atoms with E-state index < -0.39 is 23.3 Å². The van der Waals surface area contributed by atoms with E-state index in [2.05, 4.69) is 48.4 Å². The van der Waals surface area contributed by atoms with Gasteiger partial charge >= 0.3 is 12.0 Å². The summed E-state index contributed by atoms with van der Waals surface area (Å²) in [7, 11) is 0. The number of anilines is 2. The monoisotopic (exact) mass is 869 g/mol. The standard InChI is InChI=1S/C38H39F3IN9O2S/c1-5-49(28-9-12-50(20(28)3)37(52)51-16-19(2)45-21(51)4)35-24-13-27(42)30(23-7-8-26(40)33-29(23)25(15-43)34(44)54-33)31(41)32(24)46-36(47-35)53-18-38-10-6-11-48(38)17-22(39)14-38/h7-8,13,16,20,22,28H,5-6,9-12,14,17-18,44H2,1-4H3/t20-,22-,28-,38+/m1/s1. The van der Waals surface area contributed by atoms with Crippen molar-refractivity contribution < 1.29 is 22.7 Å². The van der Waals surface area contributed by atoms with E-state index in [0.717, 1.165) is 36.4 Å². The third-order valence-electron chi connectivity index (χ3n) is 11.5. The first kappa shape index (κ1) is 36.8. The third-order valence-corrected chi connectivity index (χ3v) is 13.3. The molecule has 0 aliphatic carbocycles. The fourth-order valence-corrected chi connectivity index (χ4v) is 10.7. The predicted octanol–water partition coefficient (Wildman–Crippen LogP) is 7.57. The number of fused-ring (bicyclic) bond motifs is 3. The number of aromatic nitrogens is 4. The molecule has 54 heavy (non-hydrogen) atoms. The number of alkyl halides is 1. The summed E-state index contributed by atoms with van der Waals surface area (Å²) in [6.07, 6.45) is 3.45. The van der Waals surface area contributed by atoms with Gasteiger partial charge in [-0.25, -0.2) is 22.9 Å². The minimum absolute atomic E-state index is 0.0123. The summed E-state index contributed by atoms with van der Waals surface area (Å²) in [5, 5.41) is 10.8. The van der Waals surface area contributed by atoms with Crippen LogP contribution in [0.4, 0.5) is 28.8 Å². The van der Waals surface area contributed by atoms with Crippen LogP contribution >= 0.6 is 33.9 Å². The van der Waals surface area contributed by atoms with Crippen LogP contribution in [0.3, 0.4) is 0 Å². The second-order valence-electron chi connectivity index (χ2n) is 14.5. The molecule has 0 unspecified atom stereocenters. The SMILES string of the molecule is CCN(c1nc(OC[C@@]23CCCN2C[C@H](F)C3)nc2c(F)c(-c3ccc(F)c4sc(N)c(C#N)c34)c(I)cc12)[C@@H]1CCN(C(=O)n2cc(C)nc2C)[C@@H]1C. The lowest BCUT2D eigenvalue weighted by molar-refractivity contribution is 0.107. The van der Waals surface area contributed by atoms with Gasteiger partial charge < -0.3 is 20.3 Å². The van der Waals surface area contributed by atoms with E-state index in [9.17, 15) is 14.4 Å². The quantitative estimate of drug-likeness (QED) is 0.165. The first-order valence-corrected chi connectivity index (χ1v) is 20.0. The number of benzene rings is 2. The predicted molar refractivity (Wildman–Crippen MR) is 211 cm³/mol. The fourth-order valence-electron chi connectivity index (χ4n) is 8.95. The first-order valence-electron chi connectivity index (χ1n) is 18.1. The molecule has 0 saturated carbocycles. The van der Waals surface area contributed by atoms with Crippen molar-refractivity contribution in [2.45, 2.75) is 77.2 Å². The van der Waals surface area contributed by atoms with Gasteiger partial charge in [0.05, 0.1) is 33.6 Å². The highest BCUT2D eigenvalue weighted by Crippen LogP contribution is 2.46. The molecule has 4 atom stereocenters. The number of hydrogen-bond acceptors (Lipinski definition) is 10. The summed E-state index contributed by atoms with van der Waals surface area (Å²) in [5.74, 6) is -0.187. The minimum Gasteiger partial charge on any atom is -0.461 e. The van der Waals surface area contributed by atoms with Crippen LogP contribution in [0, 0.1) is 40.4 Å². The molecule has 3 fully saturated rings. The number of hydrogen-bond donors (Lipinski definition) is 1. The lowest BCUT2D eigenvalue weighted by atomic mass is 9.95. The van der Waals surface area contributed by atoms with E-state index in [0.29, 0.717) is 58.6 Å². The zero-order chi connectivity index (χ0) is 38.2. The van der Waals surface area contributed by atoms with Crippen LogP contribution in [-0.2, 0) is 0 Å². The molecule has 3 aliphatic heterocycles. The topological polar surface area (TPSA) is 129 Å². The minimum atomic E-state index is -0.957. The number of nitrogens with zero attached hydrogens (tertiary/aromatic N) is 8. The molecule has 0 bridgehead atoms. The number of thiophene rings is 1. The number of nitrogens with two attached hydrogens (primary N) is 1. The largest absolute Gasteiger partial charge is 0.461 e. The van der Waals surface area contributed by atoms with Gasteiger partial charge in [-0.1, -0.05) is 6.07 Å². The Morgan fingerprint density at radius 1 is 1.24 bits per heavy atom. The van der Waals surface area contributed by atoms with E-state index in [-0.39, 0.29) is 62.5 Å². The highest BCUT2D eigenvalue weighted by Gasteiger charge is 2.49. The van der Waals surface area contributed by atoms with Gasteiger partial charge in [0.1, 0.15) is 46.8 Å². The van der Waals surface area contributed by atoms with E-state index in [4.69, 9.17) is 15.5 Å². The molecule has 2 N–H and O–H groups in total. The molecule has 3 saturated heterocycles. The van der Waals surface area contributed by atoms with Gasteiger partial charge in [-0.3, -0.25) is 9.47 Å². The molecule has 0 spiro atoms. The second kappa shape index (κ2) is 13.8. The van der Waals surface area contributed by atoms with Gasteiger partial charge in [0.25, 0.3) is 0 Å². The smallest absolute Gasteiger partial charge is 0.329 e. The second-order valence-corrected chi connectivity index (χ2v) is 16.8. The lowest BCUT2D eigenvalue weighted by Gasteiger charge is -2.35. The van der Waals surface area contributed by atoms with Gasteiger partial charge in [-0.2, -0.15) is 15.2 Å². The van der Waals surface area contributed by atoms with Crippen molar-refractivity contribution in [2.24, 2.45) is 0 Å².